The second kappa shape index (κ2) is 2.39. The topological polar surface area (TPSA) is 20.2 Å². The third-order valence-electron chi connectivity index (χ3n) is 8.00. The normalized spacial score (nSPS) is 70.5. The number of rotatable bonds is 1. The molecule has 1 nitrogen and oxygen atoms in total. The van der Waals surface area contributed by atoms with Crippen molar-refractivity contribution in [2.24, 2.45) is 39.9 Å². The fourth-order valence-corrected chi connectivity index (χ4v) is 7.55. The Labute approximate surface area is 98.6 Å². The van der Waals surface area contributed by atoms with Gasteiger partial charge in [-0.05, 0) is 65.6 Å². The third-order valence-corrected chi connectivity index (χ3v) is 8.00. The van der Waals surface area contributed by atoms with Crippen LogP contribution in [0.5, 0.6) is 0 Å². The molecule has 0 saturated heterocycles. The van der Waals surface area contributed by atoms with E-state index in [4.69, 9.17) is 0 Å². The summed E-state index contributed by atoms with van der Waals surface area (Å²) in [6, 6.07) is 0. The van der Waals surface area contributed by atoms with Gasteiger partial charge in [-0.3, -0.25) is 0 Å². The molecule has 90 valence electrons. The van der Waals surface area contributed by atoms with Crippen molar-refractivity contribution in [1.82, 2.24) is 0 Å². The number of fused-ring (bicyclic) bond motifs is 1. The first-order valence-corrected chi connectivity index (χ1v) is 7.15. The molecule has 0 heterocycles. The molecule has 4 saturated carbocycles. The Hall–Kier alpha value is -0.0400. The molecule has 1 spiro atoms. The standard InChI is InChI=1S/C15H24O/c1-9-4-6-13(2)11(8-16)12-10-5-7-15(9,13)14(10,12)3/h9-12,16H,4-8H2,1-3H3. The summed E-state index contributed by atoms with van der Waals surface area (Å²) in [5, 5.41) is 9.84. The van der Waals surface area contributed by atoms with Gasteiger partial charge in [-0.1, -0.05) is 20.8 Å². The Morgan fingerprint density at radius 2 is 1.94 bits per heavy atom. The first-order chi connectivity index (χ1) is 7.54. The van der Waals surface area contributed by atoms with Gasteiger partial charge < -0.3 is 5.11 Å². The van der Waals surface area contributed by atoms with Crippen molar-refractivity contribution in [3.05, 3.63) is 0 Å². The molecule has 0 aromatic heterocycles. The minimum Gasteiger partial charge on any atom is -0.396 e. The highest BCUT2D eigenvalue weighted by Crippen LogP contribution is 2.93. The van der Waals surface area contributed by atoms with E-state index in [0.29, 0.717) is 28.8 Å². The van der Waals surface area contributed by atoms with Crippen LogP contribution in [0, 0.1) is 39.9 Å². The second-order valence-electron chi connectivity index (χ2n) is 7.57. The predicted octanol–water partition coefficient (Wildman–Crippen LogP) is 3.08. The smallest absolute Gasteiger partial charge is 0.0467 e. The van der Waals surface area contributed by atoms with Gasteiger partial charge in [0.05, 0.1) is 0 Å². The monoisotopic (exact) mass is 220 g/mol. The molecular formula is C15H24O. The Morgan fingerprint density at radius 3 is 2.62 bits per heavy atom. The summed E-state index contributed by atoms with van der Waals surface area (Å²) in [5.41, 5.74) is 1.68. The highest BCUT2D eigenvalue weighted by molar-refractivity contribution is 5.35. The molecule has 4 aliphatic carbocycles. The van der Waals surface area contributed by atoms with E-state index in [0.717, 1.165) is 17.8 Å². The van der Waals surface area contributed by atoms with Crippen LogP contribution in [-0.2, 0) is 0 Å². The average Bonchev–Trinajstić information content (AvgIpc) is 2.52. The molecule has 16 heavy (non-hydrogen) atoms. The fourth-order valence-electron chi connectivity index (χ4n) is 7.55. The van der Waals surface area contributed by atoms with Crippen LogP contribution in [0.4, 0.5) is 0 Å². The van der Waals surface area contributed by atoms with E-state index >= 15 is 0 Å². The highest BCUT2D eigenvalue weighted by Gasteiger charge is 2.88. The van der Waals surface area contributed by atoms with E-state index in [-0.39, 0.29) is 0 Å². The number of hydrogen-bond acceptors (Lipinski definition) is 1. The number of aliphatic hydroxyl groups is 1. The lowest BCUT2D eigenvalue weighted by Crippen LogP contribution is -2.43. The van der Waals surface area contributed by atoms with Crippen LogP contribution in [0.1, 0.15) is 46.5 Å². The zero-order chi connectivity index (χ0) is 11.3. The van der Waals surface area contributed by atoms with Gasteiger partial charge in [0.2, 0.25) is 0 Å². The second-order valence-corrected chi connectivity index (χ2v) is 7.57. The SMILES string of the molecule is CC1CCC2(C)C(CO)C3C4CCC12C43C. The molecule has 7 unspecified atom stereocenters. The molecule has 4 fully saturated rings. The summed E-state index contributed by atoms with van der Waals surface area (Å²) < 4.78 is 0. The summed E-state index contributed by atoms with van der Waals surface area (Å²) in [6.45, 7) is 8.01. The van der Waals surface area contributed by atoms with Crippen molar-refractivity contribution in [3.63, 3.8) is 0 Å². The van der Waals surface area contributed by atoms with Crippen molar-refractivity contribution < 1.29 is 5.11 Å². The molecule has 0 aromatic carbocycles. The van der Waals surface area contributed by atoms with Gasteiger partial charge in [0.25, 0.3) is 0 Å². The first kappa shape index (κ1) is 9.94. The summed E-state index contributed by atoms with van der Waals surface area (Å²) in [7, 11) is 0. The number of aliphatic hydroxyl groups excluding tert-OH is 1. The van der Waals surface area contributed by atoms with Gasteiger partial charge in [0.1, 0.15) is 0 Å². The summed E-state index contributed by atoms with van der Waals surface area (Å²) in [4.78, 5) is 0. The van der Waals surface area contributed by atoms with Crippen molar-refractivity contribution in [2.75, 3.05) is 6.61 Å². The maximum Gasteiger partial charge on any atom is 0.0467 e. The highest BCUT2D eigenvalue weighted by atomic mass is 16.3. The molecule has 4 aliphatic rings. The molecular weight excluding hydrogens is 196 g/mol. The predicted molar refractivity (Wildman–Crippen MR) is 63.8 cm³/mol. The maximum atomic E-state index is 9.84. The van der Waals surface area contributed by atoms with Gasteiger partial charge in [0.15, 0.2) is 0 Å². The van der Waals surface area contributed by atoms with Crippen LogP contribution >= 0.6 is 0 Å². The maximum absolute atomic E-state index is 9.84. The van der Waals surface area contributed by atoms with Crippen LogP contribution in [0.3, 0.4) is 0 Å². The van der Waals surface area contributed by atoms with Crippen LogP contribution in [-0.4, -0.2) is 11.7 Å². The lowest BCUT2D eigenvalue weighted by molar-refractivity contribution is -0.0103. The summed E-state index contributed by atoms with van der Waals surface area (Å²) in [5.74, 6) is 3.36. The molecule has 0 aromatic rings. The Kier molecular flexibility index (Phi) is 1.48. The first-order valence-electron chi connectivity index (χ1n) is 7.15. The minimum absolute atomic E-state index is 0.446. The summed E-state index contributed by atoms with van der Waals surface area (Å²) >= 11 is 0. The van der Waals surface area contributed by atoms with Crippen LogP contribution in [0.15, 0.2) is 0 Å². The van der Waals surface area contributed by atoms with Crippen molar-refractivity contribution in [1.29, 1.82) is 0 Å². The molecule has 0 radical (unpaired) electrons. The lowest BCUT2D eigenvalue weighted by atomic mass is 9.57. The Balaban J connectivity index is 1.93. The van der Waals surface area contributed by atoms with E-state index < -0.39 is 0 Å². The van der Waals surface area contributed by atoms with Crippen LogP contribution < -0.4 is 0 Å². The zero-order valence-corrected chi connectivity index (χ0v) is 10.8. The lowest BCUT2D eigenvalue weighted by Gasteiger charge is -2.47. The van der Waals surface area contributed by atoms with Gasteiger partial charge in [-0.15, -0.1) is 0 Å². The van der Waals surface area contributed by atoms with Crippen LogP contribution in [0.2, 0.25) is 0 Å². The van der Waals surface area contributed by atoms with Crippen molar-refractivity contribution >= 4 is 0 Å². The Morgan fingerprint density at radius 1 is 1.19 bits per heavy atom. The summed E-state index contributed by atoms with van der Waals surface area (Å²) in [6.07, 6.45) is 5.69. The van der Waals surface area contributed by atoms with Crippen LogP contribution in [0.25, 0.3) is 0 Å². The minimum atomic E-state index is 0.446. The molecule has 0 amide bonds. The van der Waals surface area contributed by atoms with Gasteiger partial charge >= 0.3 is 0 Å². The van der Waals surface area contributed by atoms with E-state index in [1.54, 1.807) is 0 Å². The third kappa shape index (κ3) is 0.611. The van der Waals surface area contributed by atoms with Gasteiger partial charge in [-0.2, -0.15) is 0 Å². The fraction of sp³-hybridized carbons (Fsp3) is 1.00. The molecule has 4 rings (SSSR count). The van der Waals surface area contributed by atoms with E-state index in [2.05, 4.69) is 20.8 Å². The molecule has 1 heteroatoms. The molecule has 0 aliphatic heterocycles. The molecule has 7 atom stereocenters. The average molecular weight is 220 g/mol. The largest absolute Gasteiger partial charge is 0.396 e. The zero-order valence-electron chi connectivity index (χ0n) is 10.8. The van der Waals surface area contributed by atoms with Crippen molar-refractivity contribution in [2.45, 2.75) is 46.5 Å². The van der Waals surface area contributed by atoms with E-state index in [9.17, 15) is 5.11 Å². The molecule has 1 N–H and O–H groups in total. The van der Waals surface area contributed by atoms with Gasteiger partial charge in [-0.25, -0.2) is 0 Å². The number of hydrogen-bond donors (Lipinski definition) is 1. The van der Waals surface area contributed by atoms with E-state index in [1.165, 1.54) is 25.7 Å². The Bertz CT molecular complexity index is 364. The quantitative estimate of drug-likeness (QED) is 0.720. The molecule has 0 bridgehead atoms. The van der Waals surface area contributed by atoms with Crippen molar-refractivity contribution in [3.8, 4) is 0 Å². The van der Waals surface area contributed by atoms with E-state index in [1.807, 2.05) is 0 Å². The van der Waals surface area contributed by atoms with Gasteiger partial charge in [0, 0.05) is 6.61 Å².